The van der Waals surface area contributed by atoms with Crippen molar-refractivity contribution in [2.24, 2.45) is 0 Å². The van der Waals surface area contributed by atoms with Crippen LogP contribution in [0.2, 0.25) is 0 Å². The van der Waals surface area contributed by atoms with Crippen LogP contribution in [0.5, 0.6) is 0 Å². The summed E-state index contributed by atoms with van der Waals surface area (Å²) < 4.78 is 6.44. The summed E-state index contributed by atoms with van der Waals surface area (Å²) in [7, 11) is 0. The first kappa shape index (κ1) is 16.7. The average molecular weight is 321 g/mol. The minimum atomic E-state index is -0.573. The van der Waals surface area contributed by atoms with E-state index in [1.165, 1.54) is 22.8 Å². The number of nitrogens with zero attached hydrogens (tertiary/aromatic N) is 3. The molecule has 0 N–H and O–H groups in total. The van der Waals surface area contributed by atoms with Crippen molar-refractivity contribution < 1.29 is 14.1 Å². The van der Waals surface area contributed by atoms with E-state index >= 15 is 0 Å². The predicted octanol–water partition coefficient (Wildman–Crippen LogP) is 2.15. The Morgan fingerprint density at radius 1 is 1.35 bits per heavy atom. The lowest BCUT2D eigenvalue weighted by molar-refractivity contribution is -0.384. The number of rotatable bonds is 7. The first-order valence-electron chi connectivity index (χ1n) is 7.53. The van der Waals surface area contributed by atoms with Gasteiger partial charge < -0.3 is 9.32 Å². The van der Waals surface area contributed by atoms with Gasteiger partial charge in [-0.25, -0.2) is 4.79 Å². The molecule has 1 amide bonds. The van der Waals surface area contributed by atoms with E-state index in [4.69, 9.17) is 4.42 Å². The minimum Gasteiger partial charge on any atom is -0.407 e. The normalized spacial score (nSPS) is 10.9. The molecule has 8 heteroatoms. The van der Waals surface area contributed by atoms with Crippen molar-refractivity contribution in [3.8, 4) is 0 Å². The molecule has 2 rings (SSSR count). The molecule has 0 saturated carbocycles. The summed E-state index contributed by atoms with van der Waals surface area (Å²) >= 11 is 0. The van der Waals surface area contributed by atoms with E-state index in [9.17, 15) is 19.7 Å². The Morgan fingerprint density at radius 2 is 2.04 bits per heavy atom. The van der Waals surface area contributed by atoms with E-state index in [-0.39, 0.29) is 17.2 Å². The van der Waals surface area contributed by atoms with E-state index < -0.39 is 10.7 Å². The van der Waals surface area contributed by atoms with Gasteiger partial charge in [0.25, 0.3) is 5.69 Å². The molecule has 8 nitrogen and oxygen atoms in total. The smallest absolute Gasteiger partial charge is 0.407 e. The molecule has 124 valence electrons. The van der Waals surface area contributed by atoms with Crippen LogP contribution in [0.25, 0.3) is 11.1 Å². The molecule has 0 radical (unpaired) electrons. The number of hydrogen-bond acceptors (Lipinski definition) is 5. The van der Waals surface area contributed by atoms with E-state index in [0.717, 1.165) is 0 Å². The average Bonchev–Trinajstić information content (AvgIpc) is 2.83. The number of nitro benzene ring substituents is 1. The van der Waals surface area contributed by atoms with Gasteiger partial charge in [-0.2, -0.15) is 0 Å². The SMILES string of the molecule is CCN(CC)C(=O)CCCn1c(=O)oc2cc([N+](=O)[O-])ccc21. The lowest BCUT2D eigenvalue weighted by Gasteiger charge is -2.18. The lowest BCUT2D eigenvalue weighted by Crippen LogP contribution is -2.30. The highest BCUT2D eigenvalue weighted by atomic mass is 16.6. The maximum absolute atomic E-state index is 11.9. The Morgan fingerprint density at radius 3 is 2.65 bits per heavy atom. The van der Waals surface area contributed by atoms with Gasteiger partial charge in [-0.05, 0) is 26.3 Å². The van der Waals surface area contributed by atoms with Crippen LogP contribution in [0.3, 0.4) is 0 Å². The second-order valence-electron chi connectivity index (χ2n) is 5.10. The van der Waals surface area contributed by atoms with Crippen molar-refractivity contribution in [2.45, 2.75) is 33.2 Å². The van der Waals surface area contributed by atoms with Crippen molar-refractivity contribution in [1.82, 2.24) is 9.47 Å². The Bertz CT molecular complexity index is 773. The van der Waals surface area contributed by atoms with E-state index in [1.807, 2.05) is 13.8 Å². The number of aromatic nitrogens is 1. The summed E-state index contributed by atoms with van der Waals surface area (Å²) in [6, 6.07) is 4.05. The molecule has 0 aliphatic rings. The second-order valence-corrected chi connectivity index (χ2v) is 5.10. The van der Waals surface area contributed by atoms with Crippen molar-refractivity contribution in [1.29, 1.82) is 0 Å². The van der Waals surface area contributed by atoms with Gasteiger partial charge in [0, 0.05) is 32.1 Å². The van der Waals surface area contributed by atoms with Gasteiger partial charge in [0.1, 0.15) is 0 Å². The summed E-state index contributed by atoms with van der Waals surface area (Å²) in [6.45, 7) is 5.49. The number of nitro groups is 1. The van der Waals surface area contributed by atoms with Crippen LogP contribution >= 0.6 is 0 Å². The lowest BCUT2D eigenvalue weighted by atomic mass is 10.2. The maximum atomic E-state index is 11.9. The fourth-order valence-electron chi connectivity index (χ4n) is 2.50. The minimum absolute atomic E-state index is 0.0477. The molecular formula is C15H19N3O5. The quantitative estimate of drug-likeness (QED) is 0.575. The number of amides is 1. The third kappa shape index (κ3) is 3.58. The topological polar surface area (TPSA) is 98.6 Å². The third-order valence-electron chi connectivity index (χ3n) is 3.75. The van der Waals surface area contributed by atoms with Crippen LogP contribution < -0.4 is 5.76 Å². The molecule has 23 heavy (non-hydrogen) atoms. The van der Waals surface area contributed by atoms with Gasteiger partial charge in [-0.15, -0.1) is 0 Å². The van der Waals surface area contributed by atoms with Gasteiger partial charge in [0.15, 0.2) is 5.58 Å². The highest BCUT2D eigenvalue weighted by Gasteiger charge is 2.15. The standard InChI is InChI=1S/C15H19N3O5/c1-3-16(4-2)14(19)6-5-9-17-12-8-7-11(18(21)22)10-13(12)23-15(17)20/h7-8,10H,3-6,9H2,1-2H3. The van der Waals surface area contributed by atoms with Crippen LogP contribution in [0.1, 0.15) is 26.7 Å². The second kappa shape index (κ2) is 7.08. The summed E-state index contributed by atoms with van der Waals surface area (Å²) in [5, 5.41) is 10.7. The monoisotopic (exact) mass is 321 g/mol. The van der Waals surface area contributed by atoms with Crippen molar-refractivity contribution in [3.63, 3.8) is 0 Å². The molecule has 0 fully saturated rings. The van der Waals surface area contributed by atoms with Crippen LogP contribution in [-0.4, -0.2) is 33.4 Å². The van der Waals surface area contributed by atoms with Crippen molar-refractivity contribution in [2.75, 3.05) is 13.1 Å². The van der Waals surface area contributed by atoms with Gasteiger partial charge in [-0.1, -0.05) is 0 Å². The number of fused-ring (bicyclic) bond motifs is 1. The molecule has 0 spiro atoms. The van der Waals surface area contributed by atoms with Gasteiger partial charge in [-0.3, -0.25) is 19.5 Å². The zero-order valence-electron chi connectivity index (χ0n) is 13.2. The molecule has 1 aromatic carbocycles. The van der Waals surface area contributed by atoms with Crippen LogP contribution in [0, 0.1) is 10.1 Å². The Balaban J connectivity index is 2.12. The Labute approximate surface area is 132 Å². The van der Waals surface area contributed by atoms with Crippen LogP contribution in [0.4, 0.5) is 5.69 Å². The molecule has 0 saturated heterocycles. The molecule has 0 bridgehead atoms. The number of carbonyl (C=O) groups excluding carboxylic acids is 1. The number of benzene rings is 1. The number of aryl methyl sites for hydroxylation is 1. The molecule has 0 aliphatic carbocycles. The van der Waals surface area contributed by atoms with Crippen LogP contribution in [-0.2, 0) is 11.3 Å². The Kier molecular flexibility index (Phi) is 5.15. The van der Waals surface area contributed by atoms with Gasteiger partial charge >= 0.3 is 5.76 Å². The van der Waals surface area contributed by atoms with Gasteiger partial charge in [0.05, 0.1) is 16.5 Å². The number of hydrogen-bond donors (Lipinski definition) is 0. The third-order valence-corrected chi connectivity index (χ3v) is 3.75. The predicted molar refractivity (Wildman–Crippen MR) is 84.3 cm³/mol. The fraction of sp³-hybridized carbons (Fsp3) is 0.467. The largest absolute Gasteiger partial charge is 0.419 e. The zero-order chi connectivity index (χ0) is 17.0. The molecule has 0 unspecified atom stereocenters. The van der Waals surface area contributed by atoms with E-state index in [0.29, 0.717) is 38.0 Å². The summed E-state index contributed by atoms with van der Waals surface area (Å²) in [6.07, 6.45) is 0.842. The maximum Gasteiger partial charge on any atom is 0.419 e. The molecule has 1 aromatic heterocycles. The summed E-state index contributed by atoms with van der Waals surface area (Å²) in [5.41, 5.74) is 0.547. The zero-order valence-corrected chi connectivity index (χ0v) is 13.2. The van der Waals surface area contributed by atoms with E-state index in [1.54, 1.807) is 4.90 Å². The summed E-state index contributed by atoms with van der Waals surface area (Å²) in [5.74, 6) is -0.526. The summed E-state index contributed by atoms with van der Waals surface area (Å²) in [4.78, 5) is 35.7. The van der Waals surface area contributed by atoms with Crippen LogP contribution in [0.15, 0.2) is 27.4 Å². The number of oxazole rings is 1. The molecule has 0 atom stereocenters. The Hall–Kier alpha value is -2.64. The molecule has 1 heterocycles. The molecular weight excluding hydrogens is 302 g/mol. The van der Waals surface area contributed by atoms with Gasteiger partial charge in [0.2, 0.25) is 5.91 Å². The number of carbonyl (C=O) groups is 1. The van der Waals surface area contributed by atoms with Crippen molar-refractivity contribution in [3.05, 3.63) is 38.9 Å². The number of non-ortho nitro benzene ring substituents is 1. The first-order valence-corrected chi connectivity index (χ1v) is 7.53. The van der Waals surface area contributed by atoms with E-state index in [2.05, 4.69) is 0 Å². The first-order chi connectivity index (χ1) is 11.0. The highest BCUT2D eigenvalue weighted by molar-refractivity contribution is 5.76. The highest BCUT2D eigenvalue weighted by Crippen LogP contribution is 2.20. The molecule has 2 aromatic rings. The van der Waals surface area contributed by atoms with Crippen molar-refractivity contribution >= 4 is 22.7 Å². The fourth-order valence-corrected chi connectivity index (χ4v) is 2.50. The molecule has 0 aliphatic heterocycles.